The molecule has 3 nitrogen and oxygen atoms in total. The van der Waals surface area contributed by atoms with E-state index in [9.17, 15) is 4.79 Å². The van der Waals surface area contributed by atoms with Crippen molar-refractivity contribution in [3.8, 4) is 11.5 Å². The standard InChI is InChI=1S/C17H17ClO3/c18-13-9-12-14(19)10-17(6-2-1-3-7-17)21-15(12)11-5-4-8-20-16(11)13/h4-5,9H,1-3,6-8,10H2. The summed E-state index contributed by atoms with van der Waals surface area (Å²) >= 11 is 6.26. The Morgan fingerprint density at radius 3 is 2.76 bits per heavy atom. The maximum Gasteiger partial charge on any atom is 0.170 e. The van der Waals surface area contributed by atoms with Gasteiger partial charge in [-0.15, -0.1) is 0 Å². The van der Waals surface area contributed by atoms with Crippen LogP contribution < -0.4 is 9.47 Å². The lowest BCUT2D eigenvalue weighted by molar-refractivity contribution is 0.0132. The topological polar surface area (TPSA) is 35.5 Å². The molecule has 2 heterocycles. The highest BCUT2D eigenvalue weighted by Gasteiger charge is 2.43. The summed E-state index contributed by atoms with van der Waals surface area (Å²) in [6.07, 6.45) is 9.76. The third-order valence-corrected chi connectivity index (χ3v) is 4.98. The Balaban J connectivity index is 1.85. The number of Topliss-reactive ketones (excluding diaryl/α,β-unsaturated/α-hetero) is 1. The number of rotatable bonds is 0. The van der Waals surface area contributed by atoms with Gasteiger partial charge in [0.1, 0.15) is 23.7 Å². The molecule has 21 heavy (non-hydrogen) atoms. The Morgan fingerprint density at radius 2 is 1.95 bits per heavy atom. The molecule has 1 aromatic carbocycles. The molecule has 4 rings (SSSR count). The quantitative estimate of drug-likeness (QED) is 0.712. The van der Waals surface area contributed by atoms with Crippen molar-refractivity contribution in [2.45, 2.75) is 44.1 Å². The predicted molar refractivity (Wildman–Crippen MR) is 81.4 cm³/mol. The molecule has 0 aromatic heterocycles. The largest absolute Gasteiger partial charge is 0.487 e. The van der Waals surface area contributed by atoms with E-state index < -0.39 is 0 Å². The number of carbonyl (C=O) groups excluding carboxylic acids is 1. The van der Waals surface area contributed by atoms with E-state index in [4.69, 9.17) is 21.1 Å². The van der Waals surface area contributed by atoms with E-state index in [0.717, 1.165) is 31.2 Å². The van der Waals surface area contributed by atoms with E-state index in [1.54, 1.807) is 6.07 Å². The van der Waals surface area contributed by atoms with Gasteiger partial charge in [0.2, 0.25) is 0 Å². The van der Waals surface area contributed by atoms with Crippen LogP contribution in [0.1, 0.15) is 54.4 Å². The summed E-state index contributed by atoms with van der Waals surface area (Å²) in [4.78, 5) is 12.6. The fraction of sp³-hybridized carbons (Fsp3) is 0.471. The Labute approximate surface area is 128 Å². The second-order valence-electron chi connectivity index (χ2n) is 6.14. The SMILES string of the molecule is O=C1CC2(CCCCC2)Oc2c1cc(Cl)c1c2C=CCO1. The maximum absolute atomic E-state index is 12.6. The number of ether oxygens (including phenoxy) is 2. The van der Waals surface area contributed by atoms with Gasteiger partial charge in [-0.05, 0) is 43.9 Å². The van der Waals surface area contributed by atoms with Gasteiger partial charge in [0.15, 0.2) is 5.78 Å². The van der Waals surface area contributed by atoms with Crippen molar-refractivity contribution in [1.82, 2.24) is 0 Å². The number of halogens is 1. The first-order valence-electron chi connectivity index (χ1n) is 7.57. The van der Waals surface area contributed by atoms with Crippen molar-refractivity contribution in [2.24, 2.45) is 0 Å². The van der Waals surface area contributed by atoms with Crippen molar-refractivity contribution in [3.63, 3.8) is 0 Å². The first kappa shape index (κ1) is 13.2. The van der Waals surface area contributed by atoms with Gasteiger partial charge in [-0.1, -0.05) is 18.0 Å². The zero-order chi connectivity index (χ0) is 14.4. The molecule has 1 fully saturated rings. The molecule has 0 bridgehead atoms. The minimum atomic E-state index is -0.310. The third-order valence-electron chi connectivity index (χ3n) is 4.70. The summed E-state index contributed by atoms with van der Waals surface area (Å²) in [6.45, 7) is 0.505. The highest BCUT2D eigenvalue weighted by molar-refractivity contribution is 6.33. The normalized spacial score (nSPS) is 22.2. The minimum Gasteiger partial charge on any atom is -0.487 e. The van der Waals surface area contributed by atoms with Crippen LogP contribution in [0.3, 0.4) is 0 Å². The Morgan fingerprint density at radius 1 is 1.14 bits per heavy atom. The van der Waals surface area contributed by atoms with Crippen LogP contribution in [0.2, 0.25) is 5.02 Å². The van der Waals surface area contributed by atoms with Crippen molar-refractivity contribution >= 4 is 23.5 Å². The molecule has 110 valence electrons. The lowest BCUT2D eigenvalue weighted by atomic mass is 9.78. The molecule has 1 spiro atoms. The van der Waals surface area contributed by atoms with Gasteiger partial charge in [-0.3, -0.25) is 4.79 Å². The van der Waals surface area contributed by atoms with Crippen LogP contribution in [0.4, 0.5) is 0 Å². The maximum atomic E-state index is 12.6. The molecule has 0 amide bonds. The summed E-state index contributed by atoms with van der Waals surface area (Å²) < 4.78 is 12.0. The van der Waals surface area contributed by atoms with Crippen LogP contribution in [-0.2, 0) is 0 Å². The van der Waals surface area contributed by atoms with Gasteiger partial charge < -0.3 is 9.47 Å². The van der Waals surface area contributed by atoms with Gasteiger partial charge in [0.05, 0.1) is 22.6 Å². The molecular weight excluding hydrogens is 288 g/mol. The minimum absolute atomic E-state index is 0.141. The summed E-state index contributed by atoms with van der Waals surface area (Å²) in [6, 6.07) is 1.70. The van der Waals surface area contributed by atoms with Gasteiger partial charge in [0, 0.05) is 0 Å². The smallest absolute Gasteiger partial charge is 0.170 e. The summed E-state index contributed by atoms with van der Waals surface area (Å²) in [5.41, 5.74) is 1.11. The highest BCUT2D eigenvalue weighted by atomic mass is 35.5. The summed E-state index contributed by atoms with van der Waals surface area (Å²) in [7, 11) is 0. The zero-order valence-corrected chi connectivity index (χ0v) is 12.5. The van der Waals surface area contributed by atoms with Gasteiger partial charge in [-0.25, -0.2) is 0 Å². The van der Waals surface area contributed by atoms with E-state index in [0.29, 0.717) is 35.1 Å². The molecule has 1 saturated carbocycles. The average Bonchev–Trinajstić information content (AvgIpc) is 2.50. The van der Waals surface area contributed by atoms with Crippen molar-refractivity contribution < 1.29 is 14.3 Å². The van der Waals surface area contributed by atoms with Crippen LogP contribution in [0.5, 0.6) is 11.5 Å². The molecule has 1 aliphatic carbocycles. The molecule has 0 saturated heterocycles. The van der Waals surface area contributed by atoms with Crippen LogP contribution in [0.25, 0.3) is 6.08 Å². The van der Waals surface area contributed by atoms with E-state index in [-0.39, 0.29) is 11.4 Å². The lowest BCUT2D eigenvalue weighted by Gasteiger charge is -2.41. The van der Waals surface area contributed by atoms with Crippen molar-refractivity contribution in [3.05, 3.63) is 28.3 Å². The van der Waals surface area contributed by atoms with E-state index >= 15 is 0 Å². The van der Waals surface area contributed by atoms with Crippen LogP contribution in [0, 0.1) is 0 Å². The van der Waals surface area contributed by atoms with E-state index in [1.807, 2.05) is 12.2 Å². The molecule has 0 atom stereocenters. The van der Waals surface area contributed by atoms with Crippen LogP contribution in [0.15, 0.2) is 12.1 Å². The van der Waals surface area contributed by atoms with Crippen LogP contribution in [-0.4, -0.2) is 18.0 Å². The fourth-order valence-electron chi connectivity index (χ4n) is 3.66. The first-order chi connectivity index (χ1) is 10.2. The third kappa shape index (κ3) is 2.06. The molecule has 1 aromatic rings. The average molecular weight is 305 g/mol. The zero-order valence-electron chi connectivity index (χ0n) is 11.8. The van der Waals surface area contributed by atoms with Crippen LogP contribution >= 0.6 is 11.6 Å². The summed E-state index contributed by atoms with van der Waals surface area (Å²) in [5.74, 6) is 1.45. The molecule has 4 heteroatoms. The Hall–Kier alpha value is -1.48. The first-order valence-corrected chi connectivity index (χ1v) is 7.94. The van der Waals surface area contributed by atoms with Gasteiger partial charge in [-0.2, -0.15) is 0 Å². The number of hydrogen-bond donors (Lipinski definition) is 0. The number of ketones is 1. The van der Waals surface area contributed by atoms with Crippen molar-refractivity contribution in [1.29, 1.82) is 0 Å². The number of hydrogen-bond acceptors (Lipinski definition) is 3. The fourth-order valence-corrected chi connectivity index (χ4v) is 3.93. The van der Waals surface area contributed by atoms with Gasteiger partial charge >= 0.3 is 0 Å². The highest BCUT2D eigenvalue weighted by Crippen LogP contribution is 2.48. The molecule has 0 unspecified atom stereocenters. The predicted octanol–water partition coefficient (Wildman–Crippen LogP) is 4.41. The molecule has 0 radical (unpaired) electrons. The monoisotopic (exact) mass is 304 g/mol. The number of benzene rings is 1. The molecule has 3 aliphatic rings. The lowest BCUT2D eigenvalue weighted by Crippen LogP contribution is -2.43. The number of fused-ring (bicyclic) bond motifs is 3. The van der Waals surface area contributed by atoms with Crippen molar-refractivity contribution in [2.75, 3.05) is 6.61 Å². The van der Waals surface area contributed by atoms with Gasteiger partial charge in [0.25, 0.3) is 0 Å². The second kappa shape index (κ2) is 4.77. The second-order valence-corrected chi connectivity index (χ2v) is 6.54. The molecule has 0 N–H and O–H groups in total. The Kier molecular flexibility index (Phi) is 3.00. The van der Waals surface area contributed by atoms with E-state index in [2.05, 4.69) is 0 Å². The molecule has 2 aliphatic heterocycles. The number of carbonyl (C=O) groups is 1. The molecular formula is C17H17ClO3. The Bertz CT molecular complexity index is 642. The van der Waals surface area contributed by atoms with E-state index in [1.165, 1.54) is 6.42 Å². The summed E-state index contributed by atoms with van der Waals surface area (Å²) in [5, 5.41) is 0.490.